The van der Waals surface area contributed by atoms with Crippen LogP contribution in [-0.2, 0) is 31.7 Å². The minimum absolute atomic E-state index is 0.164. The lowest BCUT2D eigenvalue weighted by Gasteiger charge is -2.21. The predicted octanol–water partition coefficient (Wildman–Crippen LogP) is 3.22. The summed E-state index contributed by atoms with van der Waals surface area (Å²) in [5, 5.41) is 11.5. The van der Waals surface area contributed by atoms with Crippen LogP contribution >= 0.6 is 0 Å². The number of amides is 1. The molecule has 0 saturated carbocycles. The SMILES string of the molecule is CC(=O)O[C@@H](OC(=O)NC[C@H](Cc1cccc(C(F)(F)F)c1)C(=O)O)C(C)C. The lowest BCUT2D eigenvalue weighted by atomic mass is 9.98. The van der Waals surface area contributed by atoms with Crippen LogP contribution in [0.15, 0.2) is 24.3 Å². The van der Waals surface area contributed by atoms with Crippen LogP contribution in [0.2, 0.25) is 0 Å². The minimum Gasteiger partial charge on any atom is -0.481 e. The fourth-order valence-electron chi connectivity index (χ4n) is 2.22. The first-order valence-corrected chi connectivity index (χ1v) is 8.40. The molecule has 2 atom stereocenters. The van der Waals surface area contributed by atoms with Gasteiger partial charge in [-0.1, -0.05) is 32.0 Å². The lowest BCUT2D eigenvalue weighted by Crippen LogP contribution is -2.38. The number of esters is 1. The molecule has 2 N–H and O–H groups in total. The summed E-state index contributed by atoms with van der Waals surface area (Å²) < 4.78 is 48.1. The van der Waals surface area contributed by atoms with Gasteiger partial charge in [0.2, 0.25) is 0 Å². The number of alkyl halides is 3. The van der Waals surface area contributed by atoms with E-state index in [1.54, 1.807) is 13.8 Å². The molecular weight excluding hydrogens is 383 g/mol. The van der Waals surface area contributed by atoms with Crippen LogP contribution < -0.4 is 5.32 Å². The molecule has 28 heavy (non-hydrogen) atoms. The summed E-state index contributed by atoms with van der Waals surface area (Å²) in [6, 6.07) is 4.31. The molecule has 0 spiro atoms. The van der Waals surface area contributed by atoms with Crippen LogP contribution in [0.25, 0.3) is 0 Å². The molecule has 1 aromatic carbocycles. The maximum atomic E-state index is 12.8. The molecular formula is C18H22F3NO6. The van der Waals surface area contributed by atoms with Gasteiger partial charge in [0.05, 0.1) is 11.5 Å². The second-order valence-electron chi connectivity index (χ2n) is 6.45. The summed E-state index contributed by atoms with van der Waals surface area (Å²) in [6.07, 6.45) is -6.92. The van der Waals surface area contributed by atoms with E-state index in [1.165, 1.54) is 12.1 Å². The van der Waals surface area contributed by atoms with Crippen LogP contribution in [0, 0.1) is 11.8 Å². The molecule has 10 heteroatoms. The number of hydrogen-bond acceptors (Lipinski definition) is 5. The Balaban J connectivity index is 2.72. The van der Waals surface area contributed by atoms with Crippen molar-refractivity contribution in [3.05, 3.63) is 35.4 Å². The van der Waals surface area contributed by atoms with Crippen LogP contribution in [0.1, 0.15) is 31.9 Å². The Kier molecular flexibility index (Phi) is 8.27. The van der Waals surface area contributed by atoms with Crippen LogP contribution in [-0.4, -0.2) is 36.0 Å². The number of rotatable bonds is 8. The molecule has 0 aliphatic carbocycles. The average molecular weight is 405 g/mol. The molecule has 0 radical (unpaired) electrons. The molecule has 0 saturated heterocycles. The molecule has 0 heterocycles. The van der Waals surface area contributed by atoms with Gasteiger partial charge in [-0.3, -0.25) is 9.59 Å². The molecule has 0 bridgehead atoms. The van der Waals surface area contributed by atoms with Crippen molar-refractivity contribution in [3.8, 4) is 0 Å². The van der Waals surface area contributed by atoms with E-state index in [1.807, 2.05) is 0 Å². The van der Waals surface area contributed by atoms with E-state index < -0.39 is 42.0 Å². The Morgan fingerprint density at radius 2 is 1.82 bits per heavy atom. The van der Waals surface area contributed by atoms with Gasteiger partial charge >= 0.3 is 24.2 Å². The van der Waals surface area contributed by atoms with Crippen molar-refractivity contribution in [2.45, 2.75) is 39.7 Å². The van der Waals surface area contributed by atoms with Gasteiger partial charge in [0.25, 0.3) is 6.29 Å². The zero-order chi connectivity index (χ0) is 21.5. The van der Waals surface area contributed by atoms with Crippen LogP contribution in [0.4, 0.5) is 18.0 Å². The molecule has 1 aromatic rings. The van der Waals surface area contributed by atoms with Gasteiger partial charge in [0.15, 0.2) is 0 Å². The van der Waals surface area contributed by atoms with E-state index in [4.69, 9.17) is 9.47 Å². The maximum Gasteiger partial charge on any atom is 0.416 e. The quantitative estimate of drug-likeness (QED) is 0.509. The summed E-state index contributed by atoms with van der Waals surface area (Å²) in [5.41, 5.74) is -0.722. The van der Waals surface area contributed by atoms with Crippen molar-refractivity contribution < 1.29 is 42.1 Å². The number of carbonyl (C=O) groups excluding carboxylic acids is 2. The Labute approximate surface area is 159 Å². The Hall–Kier alpha value is -2.78. The molecule has 0 aromatic heterocycles. The van der Waals surface area contributed by atoms with Crippen molar-refractivity contribution in [1.82, 2.24) is 5.32 Å². The third kappa shape index (κ3) is 7.85. The highest BCUT2D eigenvalue weighted by Crippen LogP contribution is 2.30. The fourth-order valence-corrected chi connectivity index (χ4v) is 2.22. The average Bonchev–Trinajstić information content (AvgIpc) is 2.56. The van der Waals surface area contributed by atoms with Crippen molar-refractivity contribution in [2.24, 2.45) is 11.8 Å². The van der Waals surface area contributed by atoms with Gasteiger partial charge in [0, 0.05) is 19.4 Å². The highest BCUT2D eigenvalue weighted by molar-refractivity contribution is 5.73. The first-order valence-electron chi connectivity index (χ1n) is 8.40. The minimum atomic E-state index is -4.54. The van der Waals surface area contributed by atoms with Gasteiger partial charge in [-0.2, -0.15) is 13.2 Å². The van der Waals surface area contributed by atoms with Crippen molar-refractivity contribution >= 4 is 18.0 Å². The molecule has 1 rings (SSSR count). The number of carboxylic acids is 1. The van der Waals surface area contributed by atoms with Gasteiger partial charge in [-0.05, 0) is 18.1 Å². The maximum absolute atomic E-state index is 12.8. The van der Waals surface area contributed by atoms with E-state index in [9.17, 15) is 32.7 Å². The number of ether oxygens (including phenoxy) is 2. The Morgan fingerprint density at radius 1 is 1.18 bits per heavy atom. The number of nitrogens with one attached hydrogen (secondary N) is 1. The van der Waals surface area contributed by atoms with Crippen molar-refractivity contribution in [2.75, 3.05) is 6.54 Å². The molecule has 156 valence electrons. The largest absolute Gasteiger partial charge is 0.481 e. The van der Waals surface area contributed by atoms with E-state index >= 15 is 0 Å². The monoisotopic (exact) mass is 405 g/mol. The van der Waals surface area contributed by atoms with E-state index in [0.717, 1.165) is 19.1 Å². The number of aliphatic carboxylic acids is 1. The number of hydrogen-bond donors (Lipinski definition) is 2. The number of halogens is 3. The zero-order valence-corrected chi connectivity index (χ0v) is 15.6. The number of carbonyl (C=O) groups is 3. The lowest BCUT2D eigenvalue weighted by molar-refractivity contribution is -0.172. The van der Waals surface area contributed by atoms with E-state index in [2.05, 4.69) is 5.32 Å². The molecule has 0 aliphatic heterocycles. The second-order valence-corrected chi connectivity index (χ2v) is 6.45. The highest BCUT2D eigenvalue weighted by atomic mass is 19.4. The third-order valence-corrected chi connectivity index (χ3v) is 3.63. The van der Waals surface area contributed by atoms with Crippen LogP contribution in [0.5, 0.6) is 0 Å². The highest BCUT2D eigenvalue weighted by Gasteiger charge is 2.31. The summed E-state index contributed by atoms with van der Waals surface area (Å²) >= 11 is 0. The standard InChI is InChI=1S/C18H22F3NO6/c1-10(2)16(27-11(3)23)28-17(26)22-9-13(15(24)25)7-12-5-4-6-14(8-12)18(19,20)21/h4-6,8,10,13,16H,7,9H2,1-3H3,(H,22,26)(H,24,25)/t13-,16-/m0/s1. The first kappa shape index (κ1) is 23.3. The van der Waals surface area contributed by atoms with Crippen LogP contribution in [0.3, 0.4) is 0 Å². The molecule has 1 amide bonds. The molecule has 0 aliphatic rings. The van der Waals surface area contributed by atoms with Crippen molar-refractivity contribution in [1.29, 1.82) is 0 Å². The Morgan fingerprint density at radius 3 is 2.32 bits per heavy atom. The number of carboxylic acid groups (broad SMARTS) is 1. The normalized spacial score (nSPS) is 13.5. The number of alkyl carbamates (subject to hydrolysis) is 1. The van der Waals surface area contributed by atoms with E-state index in [-0.39, 0.29) is 24.4 Å². The van der Waals surface area contributed by atoms with Crippen molar-refractivity contribution in [3.63, 3.8) is 0 Å². The first-order chi connectivity index (χ1) is 12.9. The van der Waals surface area contributed by atoms with Gasteiger partial charge < -0.3 is 19.9 Å². The zero-order valence-electron chi connectivity index (χ0n) is 15.6. The number of benzene rings is 1. The molecule has 0 unspecified atom stereocenters. The third-order valence-electron chi connectivity index (χ3n) is 3.63. The smallest absolute Gasteiger partial charge is 0.416 e. The molecule has 7 nitrogen and oxygen atoms in total. The summed E-state index contributed by atoms with van der Waals surface area (Å²) in [5.74, 6) is -3.46. The second kappa shape index (κ2) is 9.95. The topological polar surface area (TPSA) is 102 Å². The summed E-state index contributed by atoms with van der Waals surface area (Å²) in [7, 11) is 0. The van der Waals surface area contributed by atoms with Gasteiger partial charge in [0.1, 0.15) is 0 Å². The predicted molar refractivity (Wildman–Crippen MR) is 91.1 cm³/mol. The van der Waals surface area contributed by atoms with Gasteiger partial charge in [-0.15, -0.1) is 0 Å². The Bertz CT molecular complexity index is 705. The van der Waals surface area contributed by atoms with E-state index in [0.29, 0.717) is 0 Å². The molecule has 0 fully saturated rings. The summed E-state index contributed by atoms with van der Waals surface area (Å²) in [4.78, 5) is 34.2. The fraction of sp³-hybridized carbons (Fsp3) is 0.500. The summed E-state index contributed by atoms with van der Waals surface area (Å²) in [6.45, 7) is 4.06. The van der Waals surface area contributed by atoms with Gasteiger partial charge in [-0.25, -0.2) is 4.79 Å².